The first kappa shape index (κ1) is 15.9. The number of benzene rings is 1. The number of carbonyl (C=O) groups excluding carboxylic acids is 1. The minimum absolute atomic E-state index is 0.0796. The number of Topliss-reactive ketones (excluding diaryl/α,β-unsaturated/α-hetero) is 1. The summed E-state index contributed by atoms with van der Waals surface area (Å²) in [5.74, 6) is 0.462. The largest absolute Gasteiger partial charge is 0.383 e. The summed E-state index contributed by atoms with van der Waals surface area (Å²) in [6, 6.07) is 6.40. The smallest absolute Gasteiger partial charge is 0.254 e. The highest BCUT2D eigenvalue weighted by Crippen LogP contribution is 2.19. The van der Waals surface area contributed by atoms with Gasteiger partial charge in [0.15, 0.2) is 5.78 Å². The molecule has 0 radical (unpaired) electrons. The number of rotatable bonds is 6. The lowest BCUT2D eigenvalue weighted by Gasteiger charge is -2.12. The molecule has 0 aliphatic heterocycles. The number of aromatic nitrogens is 4. The average Bonchev–Trinajstić information content (AvgIpc) is 2.99. The average molecular weight is 328 g/mol. The van der Waals surface area contributed by atoms with Crippen LogP contribution in [-0.2, 0) is 0 Å². The molecular weight excluding hydrogens is 311 g/mol. The summed E-state index contributed by atoms with van der Waals surface area (Å²) >= 11 is 0. The van der Waals surface area contributed by atoms with Gasteiger partial charge in [-0.1, -0.05) is 6.07 Å². The van der Waals surface area contributed by atoms with E-state index in [1.165, 1.54) is 19.3 Å². The van der Waals surface area contributed by atoms with Gasteiger partial charge in [0.2, 0.25) is 0 Å². The molecule has 0 spiro atoms. The van der Waals surface area contributed by atoms with Gasteiger partial charge in [0, 0.05) is 30.5 Å². The van der Waals surface area contributed by atoms with Crippen molar-refractivity contribution in [2.24, 2.45) is 0 Å². The van der Waals surface area contributed by atoms with Gasteiger partial charge in [-0.2, -0.15) is 14.6 Å². The number of halogens is 1. The molecular formula is C16H17FN6O. The van der Waals surface area contributed by atoms with Crippen molar-refractivity contribution in [2.75, 3.05) is 23.7 Å². The van der Waals surface area contributed by atoms with Gasteiger partial charge in [0.1, 0.15) is 18.0 Å². The highest BCUT2D eigenvalue weighted by atomic mass is 19.1. The van der Waals surface area contributed by atoms with Gasteiger partial charge < -0.3 is 10.6 Å². The predicted molar refractivity (Wildman–Crippen MR) is 88.9 cm³/mol. The zero-order valence-corrected chi connectivity index (χ0v) is 13.4. The minimum Gasteiger partial charge on any atom is -0.383 e. The molecule has 0 saturated carbocycles. The van der Waals surface area contributed by atoms with E-state index in [1.807, 2.05) is 13.0 Å². The first-order chi connectivity index (χ1) is 11.6. The van der Waals surface area contributed by atoms with Crippen molar-refractivity contribution in [3.8, 4) is 0 Å². The van der Waals surface area contributed by atoms with Gasteiger partial charge in [-0.25, -0.2) is 9.37 Å². The Kier molecular flexibility index (Phi) is 4.37. The Hall–Kier alpha value is -3.03. The molecule has 0 unspecified atom stereocenters. The van der Waals surface area contributed by atoms with Crippen molar-refractivity contribution in [1.82, 2.24) is 19.6 Å². The molecule has 8 heteroatoms. The van der Waals surface area contributed by atoms with Crippen LogP contribution in [0.2, 0.25) is 0 Å². The van der Waals surface area contributed by atoms with Crippen LogP contribution in [0.4, 0.5) is 15.9 Å². The monoisotopic (exact) mass is 328 g/mol. The van der Waals surface area contributed by atoms with Crippen molar-refractivity contribution < 1.29 is 9.18 Å². The minimum atomic E-state index is -0.519. The van der Waals surface area contributed by atoms with Crippen LogP contribution in [0.1, 0.15) is 23.0 Å². The number of hydrogen-bond donors (Lipinski definition) is 2. The zero-order valence-electron chi connectivity index (χ0n) is 13.4. The lowest BCUT2D eigenvalue weighted by molar-refractivity contribution is 0.101. The Morgan fingerprint density at radius 2 is 2.08 bits per heavy atom. The topological polar surface area (TPSA) is 84.2 Å². The van der Waals surface area contributed by atoms with Gasteiger partial charge in [0.25, 0.3) is 5.78 Å². The van der Waals surface area contributed by atoms with Crippen molar-refractivity contribution in [3.63, 3.8) is 0 Å². The van der Waals surface area contributed by atoms with E-state index in [0.717, 1.165) is 11.5 Å². The van der Waals surface area contributed by atoms with Crippen molar-refractivity contribution in [2.45, 2.75) is 13.8 Å². The van der Waals surface area contributed by atoms with Gasteiger partial charge >= 0.3 is 0 Å². The molecule has 2 aromatic heterocycles. The van der Waals surface area contributed by atoms with Crippen LogP contribution in [0.25, 0.3) is 5.78 Å². The molecule has 0 amide bonds. The van der Waals surface area contributed by atoms with Crippen LogP contribution >= 0.6 is 0 Å². The van der Waals surface area contributed by atoms with Crippen molar-refractivity contribution >= 4 is 23.1 Å². The fraction of sp³-hybridized carbons (Fsp3) is 0.250. The molecule has 7 nitrogen and oxygen atoms in total. The van der Waals surface area contributed by atoms with Crippen molar-refractivity contribution in [3.05, 3.63) is 47.7 Å². The summed E-state index contributed by atoms with van der Waals surface area (Å²) in [5, 5.41) is 10.4. The molecule has 2 heterocycles. The highest BCUT2D eigenvalue weighted by Gasteiger charge is 2.12. The number of anilines is 2. The third-order valence-corrected chi connectivity index (χ3v) is 3.49. The SMILES string of the molecule is CC(=O)c1c(F)cccc1NCCNc1cc(C)nc2ncnn12. The molecule has 0 aliphatic carbocycles. The van der Waals surface area contributed by atoms with Gasteiger partial charge in [-0.3, -0.25) is 4.79 Å². The molecule has 3 aromatic rings. The van der Waals surface area contributed by atoms with Crippen LogP contribution in [0.5, 0.6) is 0 Å². The third kappa shape index (κ3) is 3.17. The number of ketones is 1. The number of nitrogens with one attached hydrogen (secondary N) is 2. The zero-order chi connectivity index (χ0) is 17.1. The summed E-state index contributed by atoms with van der Waals surface area (Å²) in [7, 11) is 0. The molecule has 0 bridgehead atoms. The summed E-state index contributed by atoms with van der Waals surface area (Å²) in [5.41, 5.74) is 1.40. The lowest BCUT2D eigenvalue weighted by Crippen LogP contribution is -2.17. The fourth-order valence-corrected chi connectivity index (χ4v) is 2.47. The second-order valence-electron chi connectivity index (χ2n) is 5.33. The predicted octanol–water partition coefficient (Wildman–Crippen LogP) is 2.30. The van der Waals surface area contributed by atoms with E-state index >= 15 is 0 Å². The van der Waals surface area contributed by atoms with Gasteiger partial charge in [0.05, 0.1) is 5.56 Å². The van der Waals surface area contributed by atoms with E-state index < -0.39 is 5.82 Å². The van der Waals surface area contributed by atoms with Crippen LogP contribution in [0, 0.1) is 12.7 Å². The first-order valence-electron chi connectivity index (χ1n) is 7.51. The maximum atomic E-state index is 13.8. The van der Waals surface area contributed by atoms with Crippen LogP contribution in [0.3, 0.4) is 0 Å². The number of nitrogens with zero attached hydrogens (tertiary/aromatic N) is 4. The summed E-state index contributed by atoms with van der Waals surface area (Å²) < 4.78 is 15.4. The maximum absolute atomic E-state index is 13.8. The standard InChI is InChI=1S/C16H17FN6O/c1-10-8-14(23-16(22-10)20-9-21-23)19-7-6-18-13-5-3-4-12(17)15(13)11(2)24/h3-5,8-9,18-19H,6-7H2,1-2H3. The number of carbonyl (C=O) groups is 1. The lowest BCUT2D eigenvalue weighted by atomic mass is 10.1. The maximum Gasteiger partial charge on any atom is 0.254 e. The van der Waals surface area contributed by atoms with Gasteiger partial charge in [-0.15, -0.1) is 0 Å². The quantitative estimate of drug-likeness (QED) is 0.533. The Morgan fingerprint density at radius 1 is 1.29 bits per heavy atom. The van der Waals surface area contributed by atoms with E-state index in [4.69, 9.17) is 0 Å². The Bertz CT molecular complexity index is 891. The molecule has 1 aromatic carbocycles. The van der Waals surface area contributed by atoms with E-state index in [9.17, 15) is 9.18 Å². The number of aryl methyl sites for hydroxylation is 1. The Balaban J connectivity index is 1.66. The van der Waals surface area contributed by atoms with E-state index in [1.54, 1.807) is 16.6 Å². The fourth-order valence-electron chi connectivity index (χ4n) is 2.47. The molecule has 24 heavy (non-hydrogen) atoms. The Labute approximate surface area is 137 Å². The van der Waals surface area contributed by atoms with E-state index in [0.29, 0.717) is 24.6 Å². The van der Waals surface area contributed by atoms with Crippen LogP contribution in [-0.4, -0.2) is 38.5 Å². The molecule has 124 valence electrons. The summed E-state index contributed by atoms with van der Waals surface area (Å²) in [6.45, 7) is 4.28. The second-order valence-corrected chi connectivity index (χ2v) is 5.33. The summed E-state index contributed by atoms with van der Waals surface area (Å²) in [4.78, 5) is 19.9. The summed E-state index contributed by atoms with van der Waals surface area (Å²) in [6.07, 6.45) is 1.44. The van der Waals surface area contributed by atoms with Crippen molar-refractivity contribution in [1.29, 1.82) is 0 Å². The molecule has 2 N–H and O–H groups in total. The highest BCUT2D eigenvalue weighted by molar-refractivity contribution is 5.99. The van der Waals surface area contributed by atoms with Gasteiger partial charge in [-0.05, 0) is 26.0 Å². The normalized spacial score (nSPS) is 10.8. The number of hydrogen-bond acceptors (Lipinski definition) is 6. The van der Waals surface area contributed by atoms with E-state index in [2.05, 4.69) is 25.7 Å². The first-order valence-corrected chi connectivity index (χ1v) is 7.51. The third-order valence-electron chi connectivity index (χ3n) is 3.49. The molecule has 0 atom stereocenters. The molecule has 0 aliphatic rings. The van der Waals surface area contributed by atoms with Crippen LogP contribution < -0.4 is 10.6 Å². The number of fused-ring (bicyclic) bond motifs is 1. The second kappa shape index (κ2) is 6.61. The molecule has 3 rings (SSSR count). The Morgan fingerprint density at radius 3 is 2.88 bits per heavy atom. The molecule has 0 saturated heterocycles. The van der Waals surface area contributed by atoms with E-state index in [-0.39, 0.29) is 11.3 Å². The van der Waals surface area contributed by atoms with Crippen LogP contribution in [0.15, 0.2) is 30.6 Å². The molecule has 0 fully saturated rings.